The van der Waals surface area contributed by atoms with Gasteiger partial charge in [0.1, 0.15) is 0 Å². The first-order chi connectivity index (χ1) is 13.4. The summed E-state index contributed by atoms with van der Waals surface area (Å²) >= 11 is 6.12. The molecule has 0 bridgehead atoms. The van der Waals surface area contributed by atoms with Crippen LogP contribution in [0, 0.1) is 10.1 Å². The molecule has 9 nitrogen and oxygen atoms in total. The van der Waals surface area contributed by atoms with E-state index < -0.39 is 4.92 Å². The van der Waals surface area contributed by atoms with Gasteiger partial charge in [0.2, 0.25) is 0 Å². The van der Waals surface area contributed by atoms with Crippen molar-refractivity contribution >= 4 is 40.0 Å². The number of fused-ring (bicyclic) bond motifs is 1. The highest BCUT2D eigenvalue weighted by Gasteiger charge is 2.27. The molecule has 0 radical (unpaired) electrons. The number of hydrogen-bond acceptors (Lipinski definition) is 8. The fourth-order valence-corrected chi connectivity index (χ4v) is 3.90. The Kier molecular flexibility index (Phi) is 5.22. The largest absolute Gasteiger partial charge is 0.351 e. The van der Waals surface area contributed by atoms with Gasteiger partial charge >= 0.3 is 0 Å². The number of nitro groups is 1. The Balaban J connectivity index is 1.84. The van der Waals surface area contributed by atoms with Crippen LogP contribution in [0.1, 0.15) is 0 Å². The van der Waals surface area contributed by atoms with E-state index in [-0.39, 0.29) is 5.69 Å². The minimum absolute atomic E-state index is 0.102. The van der Waals surface area contributed by atoms with Gasteiger partial charge in [0.15, 0.2) is 17.2 Å². The molecular weight excluding hydrogens is 382 g/mol. The second-order valence-electron chi connectivity index (χ2n) is 7.50. The van der Waals surface area contributed by atoms with Gasteiger partial charge < -0.3 is 19.6 Å². The van der Waals surface area contributed by atoms with Crippen molar-refractivity contribution < 1.29 is 4.92 Å². The molecule has 10 heteroatoms. The zero-order valence-electron chi connectivity index (χ0n) is 16.1. The van der Waals surface area contributed by atoms with E-state index in [1.807, 2.05) is 0 Å². The number of hydrogen-bond donors (Lipinski definition) is 0. The van der Waals surface area contributed by atoms with E-state index in [4.69, 9.17) is 21.6 Å². The number of anilines is 2. The standard InChI is InChI=1S/C18H24ClN7O2/c1-22-3-7-24(8-4-22)17-18(25-9-5-23(2)6-10-25)21-16-14(20-17)11-13(19)12-15(16)26(27)28/h11-12H,3-10H2,1-2H3. The van der Waals surface area contributed by atoms with Crippen LogP contribution in [0.25, 0.3) is 11.0 Å². The third-order valence-electron chi connectivity index (χ3n) is 5.48. The average Bonchev–Trinajstić information content (AvgIpc) is 2.67. The quantitative estimate of drug-likeness (QED) is 0.563. The van der Waals surface area contributed by atoms with E-state index >= 15 is 0 Å². The third-order valence-corrected chi connectivity index (χ3v) is 5.70. The summed E-state index contributed by atoms with van der Waals surface area (Å²) in [6.07, 6.45) is 0. The number of nitrogens with zero attached hydrogens (tertiary/aromatic N) is 7. The van der Waals surface area contributed by atoms with Crippen molar-refractivity contribution in [1.82, 2.24) is 19.8 Å². The van der Waals surface area contributed by atoms with E-state index in [2.05, 4.69) is 33.7 Å². The molecule has 0 atom stereocenters. The highest BCUT2D eigenvalue weighted by atomic mass is 35.5. The highest BCUT2D eigenvalue weighted by molar-refractivity contribution is 6.31. The molecule has 0 saturated carbocycles. The Morgan fingerprint density at radius 1 is 0.893 bits per heavy atom. The van der Waals surface area contributed by atoms with Gasteiger partial charge in [0.25, 0.3) is 5.69 Å². The molecule has 28 heavy (non-hydrogen) atoms. The molecule has 1 aromatic heterocycles. The van der Waals surface area contributed by atoms with Crippen molar-refractivity contribution in [2.75, 3.05) is 76.3 Å². The van der Waals surface area contributed by atoms with Crippen LogP contribution in [0.4, 0.5) is 17.3 Å². The SMILES string of the molecule is CN1CCN(c2nc3cc(Cl)cc([N+](=O)[O-])c3nc2N2CCN(C)CC2)CC1. The van der Waals surface area contributed by atoms with Crippen molar-refractivity contribution in [1.29, 1.82) is 0 Å². The zero-order chi connectivity index (χ0) is 19.8. The Bertz CT molecular complexity index is 893. The minimum atomic E-state index is -0.438. The van der Waals surface area contributed by atoms with E-state index in [1.54, 1.807) is 6.07 Å². The van der Waals surface area contributed by atoms with Crippen LogP contribution in [0.15, 0.2) is 12.1 Å². The lowest BCUT2D eigenvalue weighted by Gasteiger charge is -2.38. The molecule has 0 spiro atoms. The zero-order valence-corrected chi connectivity index (χ0v) is 16.9. The van der Waals surface area contributed by atoms with E-state index in [0.29, 0.717) is 16.1 Å². The van der Waals surface area contributed by atoms with Gasteiger partial charge in [-0.2, -0.15) is 0 Å². The van der Waals surface area contributed by atoms with Gasteiger partial charge in [0.05, 0.1) is 10.4 Å². The van der Waals surface area contributed by atoms with Crippen LogP contribution >= 0.6 is 11.6 Å². The first-order valence-corrected chi connectivity index (χ1v) is 9.83. The van der Waals surface area contributed by atoms with Crippen LogP contribution < -0.4 is 9.80 Å². The summed E-state index contributed by atoms with van der Waals surface area (Å²) in [5, 5.41) is 11.9. The molecule has 2 aliphatic heterocycles. The number of benzene rings is 1. The maximum absolute atomic E-state index is 11.6. The third kappa shape index (κ3) is 3.69. The number of piperazine rings is 2. The number of halogens is 1. The van der Waals surface area contributed by atoms with Gasteiger partial charge in [0, 0.05) is 63.4 Å². The van der Waals surface area contributed by atoms with Crippen LogP contribution in [0.5, 0.6) is 0 Å². The van der Waals surface area contributed by atoms with Gasteiger partial charge in [-0.1, -0.05) is 11.6 Å². The first kappa shape index (κ1) is 19.1. The first-order valence-electron chi connectivity index (χ1n) is 9.45. The fraction of sp³-hybridized carbons (Fsp3) is 0.556. The lowest BCUT2D eigenvalue weighted by atomic mass is 10.2. The summed E-state index contributed by atoms with van der Waals surface area (Å²) in [5.41, 5.74) is 0.655. The maximum atomic E-state index is 11.6. The van der Waals surface area contributed by atoms with Crippen molar-refractivity contribution in [3.63, 3.8) is 0 Å². The molecule has 0 amide bonds. The van der Waals surface area contributed by atoms with Gasteiger partial charge in [-0.25, -0.2) is 9.97 Å². The Morgan fingerprint density at radius 3 is 1.89 bits per heavy atom. The molecule has 150 valence electrons. The summed E-state index contributed by atoms with van der Waals surface area (Å²) in [6, 6.07) is 3.01. The van der Waals surface area contributed by atoms with E-state index in [9.17, 15) is 10.1 Å². The maximum Gasteiger partial charge on any atom is 0.298 e. The Hall–Kier alpha value is -2.23. The van der Waals surface area contributed by atoms with Crippen LogP contribution in [0.3, 0.4) is 0 Å². The topological polar surface area (TPSA) is 81.9 Å². The molecule has 2 aromatic rings. The normalized spacial score (nSPS) is 19.4. The summed E-state index contributed by atoms with van der Waals surface area (Å²) in [4.78, 5) is 29.7. The van der Waals surface area contributed by atoms with Crippen LogP contribution in [0.2, 0.25) is 5.02 Å². The highest BCUT2D eigenvalue weighted by Crippen LogP contribution is 2.34. The van der Waals surface area contributed by atoms with Crippen molar-refractivity contribution in [3.05, 3.63) is 27.3 Å². The summed E-state index contributed by atoms with van der Waals surface area (Å²) in [6.45, 7) is 7.06. The fourth-order valence-electron chi connectivity index (χ4n) is 3.69. The predicted molar refractivity (Wildman–Crippen MR) is 111 cm³/mol. The molecule has 1 aromatic carbocycles. The second kappa shape index (κ2) is 7.65. The Labute approximate surface area is 168 Å². The monoisotopic (exact) mass is 405 g/mol. The van der Waals surface area contributed by atoms with Gasteiger partial charge in [-0.3, -0.25) is 10.1 Å². The van der Waals surface area contributed by atoms with Gasteiger partial charge in [-0.15, -0.1) is 0 Å². The molecule has 2 aliphatic rings. The van der Waals surface area contributed by atoms with Crippen molar-refractivity contribution in [2.24, 2.45) is 0 Å². The molecule has 0 unspecified atom stereocenters. The molecule has 0 aliphatic carbocycles. The number of likely N-dealkylation sites (N-methyl/N-ethyl adjacent to an activating group) is 2. The molecule has 0 N–H and O–H groups in total. The second-order valence-corrected chi connectivity index (χ2v) is 7.94. The van der Waals surface area contributed by atoms with Crippen LogP contribution in [-0.2, 0) is 0 Å². The molecule has 2 saturated heterocycles. The van der Waals surface area contributed by atoms with Gasteiger partial charge in [-0.05, 0) is 20.2 Å². The lowest BCUT2D eigenvalue weighted by molar-refractivity contribution is -0.383. The molecular formula is C18H24ClN7O2. The number of nitro benzene ring substituents is 1. The van der Waals surface area contributed by atoms with Crippen molar-refractivity contribution in [2.45, 2.75) is 0 Å². The summed E-state index contributed by atoms with van der Waals surface area (Å²) in [5.74, 6) is 1.53. The van der Waals surface area contributed by atoms with E-state index in [1.165, 1.54) is 6.07 Å². The molecule has 4 rings (SSSR count). The Morgan fingerprint density at radius 2 is 1.39 bits per heavy atom. The summed E-state index contributed by atoms with van der Waals surface area (Å²) < 4.78 is 0. The number of rotatable bonds is 3. The predicted octanol–water partition coefficient (Wildman–Crippen LogP) is 1.69. The lowest BCUT2D eigenvalue weighted by Crippen LogP contribution is -2.48. The molecule has 2 fully saturated rings. The van der Waals surface area contributed by atoms with E-state index in [0.717, 1.165) is 64.0 Å². The number of non-ortho nitro benzene ring substituents is 1. The smallest absolute Gasteiger partial charge is 0.298 e. The van der Waals surface area contributed by atoms with Crippen molar-refractivity contribution in [3.8, 4) is 0 Å². The summed E-state index contributed by atoms with van der Waals surface area (Å²) in [7, 11) is 4.20. The average molecular weight is 406 g/mol. The van der Waals surface area contributed by atoms with Crippen LogP contribution in [-0.4, -0.2) is 91.1 Å². The minimum Gasteiger partial charge on any atom is -0.351 e. The molecule has 3 heterocycles. The number of aromatic nitrogens is 2.